The standard InChI is InChI=1S/C15H23NO3/c1-5-18-13-9-7-6-8-11(13)12(16)10-14(17)19-15(2,3)4/h6-9,12H,5,10,16H2,1-4H3/t12-/m1/s1. The van der Waals surface area contributed by atoms with Crippen LogP contribution >= 0.6 is 0 Å². The molecule has 0 aliphatic carbocycles. The monoisotopic (exact) mass is 265 g/mol. The molecule has 0 saturated carbocycles. The van der Waals surface area contributed by atoms with E-state index in [4.69, 9.17) is 15.2 Å². The minimum absolute atomic E-state index is 0.140. The van der Waals surface area contributed by atoms with Crippen molar-refractivity contribution in [3.8, 4) is 5.75 Å². The van der Waals surface area contributed by atoms with Crippen molar-refractivity contribution >= 4 is 5.97 Å². The van der Waals surface area contributed by atoms with E-state index in [2.05, 4.69) is 0 Å². The molecular formula is C15H23NO3. The Labute approximate surface area is 114 Å². The van der Waals surface area contributed by atoms with Crippen molar-refractivity contribution in [3.05, 3.63) is 29.8 Å². The molecule has 0 aliphatic rings. The highest BCUT2D eigenvalue weighted by Crippen LogP contribution is 2.26. The number of rotatable bonds is 5. The van der Waals surface area contributed by atoms with Crippen LogP contribution in [0.5, 0.6) is 5.75 Å². The van der Waals surface area contributed by atoms with Crippen LogP contribution in [-0.4, -0.2) is 18.2 Å². The van der Waals surface area contributed by atoms with E-state index in [0.29, 0.717) is 6.61 Å². The molecular weight excluding hydrogens is 242 g/mol. The van der Waals surface area contributed by atoms with Gasteiger partial charge in [0.2, 0.25) is 0 Å². The van der Waals surface area contributed by atoms with Crippen LogP contribution in [0.2, 0.25) is 0 Å². The summed E-state index contributed by atoms with van der Waals surface area (Å²) in [7, 11) is 0. The van der Waals surface area contributed by atoms with Gasteiger partial charge in [0.05, 0.1) is 13.0 Å². The molecule has 0 saturated heterocycles. The maximum Gasteiger partial charge on any atom is 0.308 e. The highest BCUT2D eigenvalue weighted by molar-refractivity contribution is 5.71. The lowest BCUT2D eigenvalue weighted by Gasteiger charge is -2.21. The van der Waals surface area contributed by atoms with Gasteiger partial charge in [-0.1, -0.05) is 18.2 Å². The topological polar surface area (TPSA) is 61.5 Å². The Morgan fingerprint density at radius 3 is 2.53 bits per heavy atom. The molecule has 0 bridgehead atoms. The molecule has 0 aliphatic heterocycles. The van der Waals surface area contributed by atoms with Crippen LogP contribution in [0.3, 0.4) is 0 Å². The number of carbonyl (C=O) groups is 1. The van der Waals surface area contributed by atoms with Crippen molar-refractivity contribution in [1.82, 2.24) is 0 Å². The van der Waals surface area contributed by atoms with Gasteiger partial charge < -0.3 is 15.2 Å². The summed E-state index contributed by atoms with van der Waals surface area (Å²) in [6.45, 7) is 7.99. The number of nitrogens with two attached hydrogens (primary N) is 1. The highest BCUT2D eigenvalue weighted by Gasteiger charge is 2.21. The van der Waals surface area contributed by atoms with Crippen LogP contribution in [0.25, 0.3) is 0 Å². The van der Waals surface area contributed by atoms with E-state index in [9.17, 15) is 4.79 Å². The number of hydrogen-bond donors (Lipinski definition) is 1. The fraction of sp³-hybridized carbons (Fsp3) is 0.533. The first-order valence-corrected chi connectivity index (χ1v) is 6.52. The zero-order valence-electron chi connectivity index (χ0n) is 12.1. The predicted octanol–water partition coefficient (Wildman–Crippen LogP) is 2.82. The van der Waals surface area contributed by atoms with E-state index in [1.54, 1.807) is 0 Å². The minimum atomic E-state index is -0.490. The molecule has 0 amide bonds. The van der Waals surface area contributed by atoms with Crippen LogP contribution in [0.4, 0.5) is 0 Å². The normalized spacial score (nSPS) is 12.9. The summed E-state index contributed by atoms with van der Waals surface area (Å²) in [5, 5.41) is 0. The molecule has 0 fully saturated rings. The number of para-hydroxylation sites is 1. The van der Waals surface area contributed by atoms with Crippen molar-refractivity contribution in [3.63, 3.8) is 0 Å². The van der Waals surface area contributed by atoms with Crippen molar-refractivity contribution in [2.24, 2.45) is 5.73 Å². The number of carbonyl (C=O) groups excluding carboxylic acids is 1. The first kappa shape index (κ1) is 15.5. The summed E-state index contributed by atoms with van der Waals surface area (Å²) in [5.41, 5.74) is 6.40. The minimum Gasteiger partial charge on any atom is -0.494 e. The largest absolute Gasteiger partial charge is 0.494 e. The van der Waals surface area contributed by atoms with Gasteiger partial charge in [0.1, 0.15) is 11.4 Å². The lowest BCUT2D eigenvalue weighted by Crippen LogP contribution is -2.26. The molecule has 1 aromatic rings. The van der Waals surface area contributed by atoms with Crippen molar-refractivity contribution in [2.75, 3.05) is 6.61 Å². The van der Waals surface area contributed by atoms with E-state index < -0.39 is 11.6 Å². The third-order valence-corrected chi connectivity index (χ3v) is 2.42. The maximum absolute atomic E-state index is 11.8. The van der Waals surface area contributed by atoms with Crippen LogP contribution in [0, 0.1) is 0 Å². The van der Waals surface area contributed by atoms with Gasteiger partial charge in [0, 0.05) is 11.6 Å². The van der Waals surface area contributed by atoms with Gasteiger partial charge in [-0.05, 0) is 33.8 Å². The Morgan fingerprint density at radius 1 is 1.32 bits per heavy atom. The second kappa shape index (κ2) is 6.57. The molecule has 1 aromatic carbocycles. The highest BCUT2D eigenvalue weighted by atomic mass is 16.6. The van der Waals surface area contributed by atoms with Gasteiger partial charge in [-0.25, -0.2) is 0 Å². The molecule has 4 nitrogen and oxygen atoms in total. The number of ether oxygens (including phenoxy) is 2. The average Bonchev–Trinajstić information content (AvgIpc) is 2.27. The Kier molecular flexibility index (Phi) is 5.36. The SMILES string of the molecule is CCOc1ccccc1[C@H](N)CC(=O)OC(C)(C)C. The fourth-order valence-electron chi connectivity index (χ4n) is 1.75. The zero-order chi connectivity index (χ0) is 14.5. The predicted molar refractivity (Wildman–Crippen MR) is 75.0 cm³/mol. The van der Waals surface area contributed by atoms with Crippen molar-refractivity contribution in [1.29, 1.82) is 0 Å². The number of benzene rings is 1. The summed E-state index contributed by atoms with van der Waals surface area (Å²) in [6, 6.07) is 7.08. The molecule has 106 valence electrons. The molecule has 19 heavy (non-hydrogen) atoms. The van der Waals surface area contributed by atoms with Gasteiger partial charge in [0.15, 0.2) is 0 Å². The number of hydrogen-bond acceptors (Lipinski definition) is 4. The van der Waals surface area contributed by atoms with Gasteiger partial charge >= 0.3 is 5.97 Å². The van der Waals surface area contributed by atoms with E-state index in [1.165, 1.54) is 0 Å². The fourth-order valence-corrected chi connectivity index (χ4v) is 1.75. The smallest absolute Gasteiger partial charge is 0.308 e. The molecule has 1 atom stereocenters. The van der Waals surface area contributed by atoms with Crippen LogP contribution in [0.15, 0.2) is 24.3 Å². The lowest BCUT2D eigenvalue weighted by molar-refractivity contribution is -0.155. The van der Waals surface area contributed by atoms with Crippen LogP contribution in [-0.2, 0) is 9.53 Å². The Balaban J connectivity index is 2.72. The first-order chi connectivity index (χ1) is 8.83. The maximum atomic E-state index is 11.8. The van der Waals surface area contributed by atoms with Gasteiger partial charge in [-0.3, -0.25) is 4.79 Å². The van der Waals surface area contributed by atoms with Gasteiger partial charge in [0.25, 0.3) is 0 Å². The summed E-state index contributed by atoms with van der Waals surface area (Å²) in [4.78, 5) is 11.8. The number of esters is 1. The second-order valence-electron chi connectivity index (χ2n) is 5.37. The quantitative estimate of drug-likeness (QED) is 0.832. The summed E-state index contributed by atoms with van der Waals surface area (Å²) in [5.74, 6) is 0.423. The molecule has 0 radical (unpaired) electrons. The Hall–Kier alpha value is -1.55. The third-order valence-electron chi connectivity index (χ3n) is 2.42. The zero-order valence-corrected chi connectivity index (χ0v) is 12.1. The molecule has 0 heterocycles. The molecule has 0 unspecified atom stereocenters. The van der Waals surface area contributed by atoms with Crippen molar-refractivity contribution < 1.29 is 14.3 Å². The van der Waals surface area contributed by atoms with E-state index >= 15 is 0 Å². The van der Waals surface area contributed by atoms with Gasteiger partial charge in [-0.15, -0.1) is 0 Å². The lowest BCUT2D eigenvalue weighted by atomic mass is 10.0. The van der Waals surface area contributed by atoms with E-state index in [0.717, 1.165) is 11.3 Å². The van der Waals surface area contributed by atoms with Crippen molar-refractivity contribution in [2.45, 2.75) is 45.8 Å². The first-order valence-electron chi connectivity index (χ1n) is 6.52. The van der Waals surface area contributed by atoms with Gasteiger partial charge in [-0.2, -0.15) is 0 Å². The third kappa shape index (κ3) is 5.30. The van der Waals surface area contributed by atoms with E-state index in [1.807, 2.05) is 52.0 Å². The van der Waals surface area contributed by atoms with E-state index in [-0.39, 0.29) is 12.4 Å². The Bertz CT molecular complexity index is 424. The molecule has 4 heteroatoms. The Morgan fingerprint density at radius 2 is 1.95 bits per heavy atom. The van der Waals surface area contributed by atoms with Crippen LogP contribution < -0.4 is 10.5 Å². The summed E-state index contributed by atoms with van der Waals surface area (Å²) in [6.07, 6.45) is 0.140. The summed E-state index contributed by atoms with van der Waals surface area (Å²) < 4.78 is 10.8. The molecule has 1 rings (SSSR count). The molecule has 0 spiro atoms. The summed E-state index contributed by atoms with van der Waals surface area (Å²) >= 11 is 0. The average molecular weight is 265 g/mol. The molecule has 2 N–H and O–H groups in total. The van der Waals surface area contributed by atoms with Crippen LogP contribution in [0.1, 0.15) is 45.7 Å². The molecule has 0 aromatic heterocycles. The second-order valence-corrected chi connectivity index (χ2v) is 5.37.